The number of carbonyl (C=O) groups excluding carboxylic acids is 2. The number of esters is 2. The molecule has 0 atom stereocenters. The minimum atomic E-state index is -0.552. The molecule has 0 N–H and O–H groups in total. The maximum atomic E-state index is 11.8. The number of hydrogen-bond acceptors (Lipinski definition) is 5. The fraction of sp³-hybridized carbons (Fsp3) is 0.125. The summed E-state index contributed by atoms with van der Waals surface area (Å²) in [7, 11) is 2.56. The summed E-state index contributed by atoms with van der Waals surface area (Å²) in [6, 6.07) is 11.5. The maximum Gasteiger partial charge on any atom is 0.341 e. The topological polar surface area (TPSA) is 61.8 Å². The lowest BCUT2D eigenvalue weighted by molar-refractivity contribution is 0.0584. The molecule has 0 radical (unpaired) electrons. The highest BCUT2D eigenvalue weighted by Crippen LogP contribution is 2.28. The van der Waals surface area contributed by atoms with Gasteiger partial charge in [0, 0.05) is 4.47 Å². The lowest BCUT2D eigenvalue weighted by Gasteiger charge is -2.11. The number of hydrogen-bond donors (Lipinski definition) is 0. The molecular weight excluding hydrogens is 352 g/mol. The van der Waals surface area contributed by atoms with E-state index in [9.17, 15) is 9.59 Å². The largest absolute Gasteiger partial charge is 0.465 e. The third-order valence-electron chi connectivity index (χ3n) is 2.85. The normalized spacial score (nSPS) is 9.95. The van der Waals surface area contributed by atoms with E-state index in [2.05, 4.69) is 20.7 Å². The number of rotatable bonds is 4. The van der Waals surface area contributed by atoms with Crippen molar-refractivity contribution >= 4 is 27.9 Å². The molecule has 0 fully saturated rings. The van der Waals surface area contributed by atoms with E-state index in [-0.39, 0.29) is 16.9 Å². The summed E-state index contributed by atoms with van der Waals surface area (Å²) >= 11 is 3.33. The van der Waals surface area contributed by atoms with Gasteiger partial charge in [0.25, 0.3) is 0 Å². The van der Waals surface area contributed by atoms with E-state index in [0.717, 1.165) is 4.47 Å². The van der Waals surface area contributed by atoms with Crippen LogP contribution in [0.5, 0.6) is 11.5 Å². The molecule has 0 bridgehead atoms. The van der Waals surface area contributed by atoms with Gasteiger partial charge in [0.2, 0.25) is 0 Å². The van der Waals surface area contributed by atoms with Crippen LogP contribution in [-0.2, 0) is 9.47 Å². The molecule has 6 heteroatoms. The number of carbonyl (C=O) groups is 2. The molecule has 0 unspecified atom stereocenters. The van der Waals surface area contributed by atoms with Crippen molar-refractivity contribution in [2.75, 3.05) is 14.2 Å². The van der Waals surface area contributed by atoms with Gasteiger partial charge >= 0.3 is 11.9 Å². The quantitative estimate of drug-likeness (QED) is 0.771. The van der Waals surface area contributed by atoms with E-state index in [1.165, 1.54) is 32.4 Å². The second-order valence-corrected chi connectivity index (χ2v) is 5.17. The van der Waals surface area contributed by atoms with Gasteiger partial charge in [-0.2, -0.15) is 0 Å². The van der Waals surface area contributed by atoms with Crippen LogP contribution in [0.2, 0.25) is 0 Å². The van der Waals surface area contributed by atoms with Crippen molar-refractivity contribution < 1.29 is 23.8 Å². The molecule has 2 aromatic carbocycles. The lowest BCUT2D eigenvalue weighted by Crippen LogP contribution is -2.07. The van der Waals surface area contributed by atoms with Gasteiger partial charge in [0.05, 0.1) is 19.8 Å². The Bertz CT molecular complexity index is 694. The molecule has 0 spiro atoms. The Kier molecular flexibility index (Phi) is 5.16. The first-order valence-electron chi connectivity index (χ1n) is 6.29. The van der Waals surface area contributed by atoms with Gasteiger partial charge in [0.15, 0.2) is 0 Å². The van der Waals surface area contributed by atoms with Gasteiger partial charge in [-0.1, -0.05) is 15.9 Å². The zero-order valence-electron chi connectivity index (χ0n) is 12.0. The van der Waals surface area contributed by atoms with Crippen molar-refractivity contribution in [2.45, 2.75) is 0 Å². The summed E-state index contributed by atoms with van der Waals surface area (Å²) in [4.78, 5) is 23.4. The monoisotopic (exact) mass is 364 g/mol. The molecule has 22 heavy (non-hydrogen) atoms. The summed E-state index contributed by atoms with van der Waals surface area (Å²) in [5.74, 6) is -0.326. The van der Waals surface area contributed by atoms with Gasteiger partial charge in [-0.25, -0.2) is 9.59 Å². The van der Waals surface area contributed by atoms with Crippen LogP contribution in [0.3, 0.4) is 0 Å². The van der Waals surface area contributed by atoms with Crippen LogP contribution in [-0.4, -0.2) is 26.2 Å². The van der Waals surface area contributed by atoms with Crippen LogP contribution in [0, 0.1) is 0 Å². The SMILES string of the molecule is COC(=O)c1ccc(C(=O)OC)c(Oc2ccc(Br)cc2)c1. The van der Waals surface area contributed by atoms with E-state index in [1.807, 2.05) is 0 Å². The average Bonchev–Trinajstić information content (AvgIpc) is 2.55. The second-order valence-electron chi connectivity index (χ2n) is 4.25. The van der Waals surface area contributed by atoms with E-state index < -0.39 is 11.9 Å². The van der Waals surface area contributed by atoms with Gasteiger partial charge in [0.1, 0.15) is 17.1 Å². The van der Waals surface area contributed by atoms with Gasteiger partial charge in [-0.05, 0) is 42.5 Å². The Hall–Kier alpha value is -2.34. The van der Waals surface area contributed by atoms with Crippen molar-refractivity contribution in [1.82, 2.24) is 0 Å². The number of halogens is 1. The first-order valence-corrected chi connectivity index (χ1v) is 7.08. The Labute approximate surface area is 135 Å². The van der Waals surface area contributed by atoms with Crippen molar-refractivity contribution in [3.8, 4) is 11.5 Å². The van der Waals surface area contributed by atoms with Crippen molar-refractivity contribution in [2.24, 2.45) is 0 Å². The molecule has 0 aliphatic rings. The molecular formula is C16H13BrO5. The Balaban J connectivity index is 2.42. The third kappa shape index (κ3) is 3.65. The Morgan fingerprint density at radius 3 is 2.14 bits per heavy atom. The molecule has 0 heterocycles. The van der Waals surface area contributed by atoms with Crippen LogP contribution in [0.4, 0.5) is 0 Å². The molecule has 0 aliphatic carbocycles. The van der Waals surface area contributed by atoms with E-state index in [0.29, 0.717) is 5.75 Å². The van der Waals surface area contributed by atoms with Crippen molar-refractivity contribution in [1.29, 1.82) is 0 Å². The fourth-order valence-electron chi connectivity index (χ4n) is 1.76. The molecule has 5 nitrogen and oxygen atoms in total. The van der Waals surface area contributed by atoms with Gasteiger partial charge < -0.3 is 14.2 Å². The summed E-state index contributed by atoms with van der Waals surface area (Å²) in [5, 5.41) is 0. The van der Waals surface area contributed by atoms with E-state index >= 15 is 0 Å². The van der Waals surface area contributed by atoms with E-state index in [4.69, 9.17) is 9.47 Å². The van der Waals surface area contributed by atoms with Crippen LogP contribution < -0.4 is 4.74 Å². The molecule has 0 amide bonds. The highest BCUT2D eigenvalue weighted by Gasteiger charge is 2.17. The minimum absolute atomic E-state index is 0.220. The van der Waals surface area contributed by atoms with Crippen molar-refractivity contribution in [3.63, 3.8) is 0 Å². The summed E-state index contributed by atoms with van der Waals surface area (Å²) in [5.41, 5.74) is 0.500. The number of methoxy groups -OCH3 is 2. The number of ether oxygens (including phenoxy) is 3. The molecule has 114 valence electrons. The standard InChI is InChI=1S/C16H13BrO5/c1-20-15(18)10-3-8-13(16(19)21-2)14(9-10)22-12-6-4-11(17)5-7-12/h3-9H,1-2H3. The van der Waals surface area contributed by atoms with Crippen molar-refractivity contribution in [3.05, 3.63) is 58.1 Å². The third-order valence-corrected chi connectivity index (χ3v) is 3.38. The molecule has 0 aliphatic heterocycles. The average molecular weight is 365 g/mol. The van der Waals surface area contributed by atoms with Crippen LogP contribution in [0.1, 0.15) is 20.7 Å². The molecule has 0 aromatic heterocycles. The lowest BCUT2D eigenvalue weighted by atomic mass is 10.1. The first kappa shape index (κ1) is 16.0. The van der Waals surface area contributed by atoms with E-state index in [1.54, 1.807) is 24.3 Å². The Morgan fingerprint density at radius 1 is 0.909 bits per heavy atom. The van der Waals surface area contributed by atoms with Crippen LogP contribution in [0.15, 0.2) is 46.9 Å². The predicted molar refractivity (Wildman–Crippen MR) is 83.3 cm³/mol. The van der Waals surface area contributed by atoms with Crippen LogP contribution >= 0.6 is 15.9 Å². The minimum Gasteiger partial charge on any atom is -0.465 e. The van der Waals surface area contributed by atoms with Gasteiger partial charge in [-0.15, -0.1) is 0 Å². The zero-order chi connectivity index (χ0) is 16.1. The highest BCUT2D eigenvalue weighted by molar-refractivity contribution is 9.10. The molecule has 2 aromatic rings. The molecule has 0 saturated heterocycles. The smallest absolute Gasteiger partial charge is 0.341 e. The Morgan fingerprint density at radius 2 is 1.55 bits per heavy atom. The summed E-state index contributed by atoms with van der Waals surface area (Å²) < 4.78 is 16.0. The van der Waals surface area contributed by atoms with Crippen LogP contribution in [0.25, 0.3) is 0 Å². The molecule has 0 saturated carbocycles. The first-order chi connectivity index (χ1) is 10.5. The highest BCUT2D eigenvalue weighted by atomic mass is 79.9. The zero-order valence-corrected chi connectivity index (χ0v) is 13.5. The fourth-order valence-corrected chi connectivity index (χ4v) is 2.02. The predicted octanol–water partition coefficient (Wildman–Crippen LogP) is 3.81. The second kappa shape index (κ2) is 7.09. The maximum absolute atomic E-state index is 11.8. The summed E-state index contributed by atoms with van der Waals surface area (Å²) in [6.07, 6.45) is 0. The number of benzene rings is 2. The summed E-state index contributed by atoms with van der Waals surface area (Å²) in [6.45, 7) is 0. The molecule has 2 rings (SSSR count). The van der Waals surface area contributed by atoms with Gasteiger partial charge in [-0.3, -0.25) is 0 Å².